The smallest absolute Gasteiger partial charge is 0.248 e. The Morgan fingerprint density at radius 2 is 2.00 bits per heavy atom. The van der Waals surface area contributed by atoms with Crippen LogP contribution in [-0.2, 0) is 4.79 Å². The molecule has 2 rings (SSSR count). The van der Waals surface area contributed by atoms with Crippen LogP contribution >= 0.6 is 23.1 Å². The minimum atomic E-state index is -0.499. The molecule has 0 fully saturated rings. The van der Waals surface area contributed by atoms with E-state index in [2.05, 4.69) is 27.8 Å². The van der Waals surface area contributed by atoms with Gasteiger partial charge < -0.3 is 16.4 Å². The second-order valence-electron chi connectivity index (χ2n) is 4.99. The van der Waals surface area contributed by atoms with Crippen molar-refractivity contribution in [2.75, 3.05) is 17.2 Å². The SMILES string of the molecule is CCCNc1nnc(S[C@@H](C)C(=O)Nc2ccc(C(N)=O)cc2)s1. The van der Waals surface area contributed by atoms with Crippen LogP contribution in [0.4, 0.5) is 10.8 Å². The second kappa shape index (κ2) is 8.65. The van der Waals surface area contributed by atoms with Crippen LogP contribution in [0.2, 0.25) is 0 Å². The molecule has 7 nitrogen and oxygen atoms in total. The first kappa shape index (κ1) is 18.2. The minimum absolute atomic E-state index is 0.148. The number of anilines is 2. The number of carbonyl (C=O) groups excluding carboxylic acids is 2. The highest BCUT2D eigenvalue weighted by molar-refractivity contribution is 8.02. The number of carbonyl (C=O) groups is 2. The van der Waals surface area contributed by atoms with Crippen LogP contribution in [0, 0.1) is 0 Å². The molecule has 2 aromatic rings. The van der Waals surface area contributed by atoms with Gasteiger partial charge in [0.05, 0.1) is 5.25 Å². The van der Waals surface area contributed by atoms with Gasteiger partial charge in [0.15, 0.2) is 4.34 Å². The van der Waals surface area contributed by atoms with E-state index in [1.807, 2.05) is 0 Å². The van der Waals surface area contributed by atoms with Crippen molar-refractivity contribution in [2.45, 2.75) is 29.9 Å². The van der Waals surface area contributed by atoms with Crippen LogP contribution < -0.4 is 16.4 Å². The summed E-state index contributed by atoms with van der Waals surface area (Å²) in [5.74, 6) is -0.648. The lowest BCUT2D eigenvalue weighted by atomic mass is 10.2. The number of rotatable bonds is 8. The number of benzene rings is 1. The Bertz CT molecular complexity index is 702. The largest absolute Gasteiger partial charge is 0.366 e. The van der Waals surface area contributed by atoms with Crippen LogP contribution in [0.15, 0.2) is 28.6 Å². The number of hydrogen-bond acceptors (Lipinski definition) is 7. The standard InChI is InChI=1S/C15H19N5O2S2/c1-3-8-17-14-19-20-15(24-14)23-9(2)13(22)18-11-6-4-10(5-7-11)12(16)21/h4-7,9H,3,8H2,1-2H3,(H2,16,21)(H,17,19)(H,18,22)/t9-/m0/s1. The normalized spacial score (nSPS) is 11.8. The maximum absolute atomic E-state index is 12.2. The van der Waals surface area contributed by atoms with Gasteiger partial charge in [-0.2, -0.15) is 0 Å². The van der Waals surface area contributed by atoms with Gasteiger partial charge in [-0.1, -0.05) is 30.0 Å². The van der Waals surface area contributed by atoms with Crippen LogP contribution in [0.3, 0.4) is 0 Å². The predicted molar refractivity (Wildman–Crippen MR) is 97.6 cm³/mol. The molecule has 0 saturated carbocycles. The van der Waals surface area contributed by atoms with Gasteiger partial charge in [-0.3, -0.25) is 9.59 Å². The zero-order chi connectivity index (χ0) is 17.5. The molecule has 0 spiro atoms. The van der Waals surface area contributed by atoms with Crippen LogP contribution in [-0.4, -0.2) is 33.8 Å². The summed E-state index contributed by atoms with van der Waals surface area (Å²) in [6, 6.07) is 6.44. The van der Waals surface area contributed by atoms with Crippen LogP contribution in [0.25, 0.3) is 0 Å². The molecule has 2 amide bonds. The number of amides is 2. The van der Waals surface area contributed by atoms with Crippen molar-refractivity contribution in [3.63, 3.8) is 0 Å². The lowest BCUT2D eigenvalue weighted by Gasteiger charge is -2.10. The van der Waals surface area contributed by atoms with Crippen molar-refractivity contribution in [1.82, 2.24) is 10.2 Å². The molecule has 1 aromatic carbocycles. The fourth-order valence-corrected chi connectivity index (χ4v) is 3.65. The van der Waals surface area contributed by atoms with Crippen molar-refractivity contribution in [3.8, 4) is 0 Å². The molecule has 0 bridgehead atoms. The van der Waals surface area contributed by atoms with E-state index >= 15 is 0 Å². The van der Waals surface area contributed by atoms with Gasteiger partial charge in [0.2, 0.25) is 16.9 Å². The van der Waals surface area contributed by atoms with Gasteiger partial charge in [-0.25, -0.2) is 0 Å². The summed E-state index contributed by atoms with van der Waals surface area (Å²) in [5.41, 5.74) is 6.20. The molecule has 24 heavy (non-hydrogen) atoms. The van der Waals surface area contributed by atoms with Gasteiger partial charge in [0.1, 0.15) is 0 Å². The molecule has 9 heteroatoms. The third-order valence-electron chi connectivity index (χ3n) is 3.02. The number of hydrogen-bond donors (Lipinski definition) is 3. The zero-order valence-electron chi connectivity index (χ0n) is 13.4. The molecular weight excluding hydrogens is 346 g/mol. The average molecular weight is 365 g/mol. The second-order valence-corrected chi connectivity index (χ2v) is 7.56. The lowest BCUT2D eigenvalue weighted by molar-refractivity contribution is -0.115. The molecule has 4 N–H and O–H groups in total. The highest BCUT2D eigenvalue weighted by Gasteiger charge is 2.17. The van der Waals surface area contributed by atoms with E-state index in [-0.39, 0.29) is 11.2 Å². The number of aromatic nitrogens is 2. The van der Waals surface area contributed by atoms with E-state index in [1.165, 1.54) is 23.1 Å². The highest BCUT2D eigenvalue weighted by atomic mass is 32.2. The molecule has 0 saturated heterocycles. The third kappa shape index (κ3) is 5.20. The first-order valence-electron chi connectivity index (χ1n) is 7.44. The monoisotopic (exact) mass is 365 g/mol. The fourth-order valence-electron chi connectivity index (χ4n) is 1.73. The Morgan fingerprint density at radius 3 is 2.62 bits per heavy atom. The summed E-state index contributed by atoms with van der Waals surface area (Å²) in [4.78, 5) is 23.3. The molecule has 0 unspecified atom stereocenters. The van der Waals surface area contributed by atoms with Crippen molar-refractivity contribution in [3.05, 3.63) is 29.8 Å². The summed E-state index contributed by atoms with van der Waals surface area (Å²) in [5, 5.41) is 14.5. The molecule has 1 aromatic heterocycles. The van der Waals surface area contributed by atoms with Gasteiger partial charge in [-0.05, 0) is 37.6 Å². The summed E-state index contributed by atoms with van der Waals surface area (Å²) in [6.45, 7) is 4.72. The van der Waals surface area contributed by atoms with Crippen molar-refractivity contribution in [2.24, 2.45) is 5.73 Å². The summed E-state index contributed by atoms with van der Waals surface area (Å²) < 4.78 is 0.736. The molecule has 128 valence electrons. The Kier molecular flexibility index (Phi) is 6.56. The van der Waals surface area contributed by atoms with Crippen LogP contribution in [0.5, 0.6) is 0 Å². The number of nitrogens with zero attached hydrogens (tertiary/aromatic N) is 2. The van der Waals surface area contributed by atoms with E-state index in [0.717, 1.165) is 22.4 Å². The van der Waals surface area contributed by atoms with Crippen molar-refractivity contribution in [1.29, 1.82) is 0 Å². The van der Waals surface area contributed by atoms with Crippen molar-refractivity contribution >= 4 is 45.7 Å². The van der Waals surface area contributed by atoms with Crippen molar-refractivity contribution < 1.29 is 9.59 Å². The number of nitrogens with two attached hydrogens (primary N) is 1. The number of primary amides is 1. The van der Waals surface area contributed by atoms with E-state index in [9.17, 15) is 9.59 Å². The van der Waals surface area contributed by atoms with E-state index < -0.39 is 5.91 Å². The summed E-state index contributed by atoms with van der Waals surface area (Å²) >= 11 is 2.78. The fraction of sp³-hybridized carbons (Fsp3) is 0.333. The topological polar surface area (TPSA) is 110 Å². The lowest BCUT2D eigenvalue weighted by Crippen LogP contribution is -2.22. The zero-order valence-corrected chi connectivity index (χ0v) is 15.0. The molecule has 0 radical (unpaired) electrons. The first-order chi connectivity index (χ1) is 11.5. The van der Waals surface area contributed by atoms with Gasteiger partial charge in [0.25, 0.3) is 0 Å². The molecule has 1 atom stereocenters. The quantitative estimate of drug-likeness (QED) is 0.620. The van der Waals surface area contributed by atoms with E-state index in [0.29, 0.717) is 11.3 Å². The molecule has 0 aliphatic rings. The molecule has 0 aliphatic heterocycles. The molecular formula is C15H19N5O2S2. The van der Waals surface area contributed by atoms with Gasteiger partial charge in [0, 0.05) is 17.8 Å². The Hall–Kier alpha value is -2.13. The summed E-state index contributed by atoms with van der Waals surface area (Å²) in [7, 11) is 0. The van der Waals surface area contributed by atoms with Gasteiger partial charge in [-0.15, -0.1) is 10.2 Å². The average Bonchev–Trinajstić information content (AvgIpc) is 3.00. The number of nitrogens with one attached hydrogen (secondary N) is 2. The van der Waals surface area contributed by atoms with Gasteiger partial charge >= 0.3 is 0 Å². The Labute approximate surface area is 148 Å². The maximum Gasteiger partial charge on any atom is 0.248 e. The first-order valence-corrected chi connectivity index (χ1v) is 9.14. The third-order valence-corrected chi connectivity index (χ3v) is 5.08. The number of thioether (sulfide) groups is 1. The Balaban J connectivity index is 1.89. The molecule has 1 heterocycles. The van der Waals surface area contributed by atoms with E-state index in [1.54, 1.807) is 31.2 Å². The molecule has 0 aliphatic carbocycles. The minimum Gasteiger partial charge on any atom is -0.366 e. The Morgan fingerprint density at radius 1 is 1.29 bits per heavy atom. The summed E-state index contributed by atoms with van der Waals surface area (Å²) in [6.07, 6.45) is 1.01. The maximum atomic E-state index is 12.2. The van der Waals surface area contributed by atoms with E-state index in [4.69, 9.17) is 5.73 Å². The van der Waals surface area contributed by atoms with Crippen LogP contribution in [0.1, 0.15) is 30.6 Å². The predicted octanol–water partition coefficient (Wildman–Crippen LogP) is 2.58. The highest BCUT2D eigenvalue weighted by Crippen LogP contribution is 2.29.